The monoisotopic (exact) mass is 339 g/mol. The van der Waals surface area contributed by atoms with Crippen LogP contribution in [0.5, 0.6) is 0 Å². The van der Waals surface area contributed by atoms with E-state index >= 15 is 0 Å². The molecule has 1 atom stereocenters. The van der Waals surface area contributed by atoms with Crippen molar-refractivity contribution in [3.8, 4) is 0 Å². The van der Waals surface area contributed by atoms with E-state index in [1.165, 1.54) is 29.2 Å². The molecule has 0 amide bonds. The lowest BCUT2D eigenvalue weighted by molar-refractivity contribution is -0.0240. The van der Waals surface area contributed by atoms with Gasteiger partial charge in [-0.2, -0.15) is 0 Å². The van der Waals surface area contributed by atoms with Gasteiger partial charge < -0.3 is 10.4 Å². The Morgan fingerprint density at radius 3 is 2.40 bits per heavy atom. The van der Waals surface area contributed by atoms with Gasteiger partial charge in [0, 0.05) is 13.1 Å². The molecule has 2 N–H and O–H groups in total. The molecule has 2 nitrogen and oxygen atoms in total. The Hall–Kier alpha value is -1.38. The molecule has 2 heteroatoms. The van der Waals surface area contributed by atoms with Gasteiger partial charge in [-0.05, 0) is 72.8 Å². The van der Waals surface area contributed by atoms with E-state index in [1.54, 1.807) is 0 Å². The minimum Gasteiger partial charge on any atom is -0.389 e. The van der Waals surface area contributed by atoms with Crippen molar-refractivity contribution in [2.24, 2.45) is 17.8 Å². The second kappa shape index (κ2) is 7.88. The summed E-state index contributed by atoms with van der Waals surface area (Å²) < 4.78 is 0. The summed E-state index contributed by atoms with van der Waals surface area (Å²) in [7, 11) is 0. The Morgan fingerprint density at radius 2 is 1.72 bits per heavy atom. The predicted octanol–water partition coefficient (Wildman–Crippen LogP) is 5.14. The molecule has 136 valence electrons. The van der Waals surface area contributed by atoms with Crippen molar-refractivity contribution >= 4 is 10.8 Å². The molecule has 1 aliphatic rings. The maximum Gasteiger partial charge on any atom is 0.0771 e. The fourth-order valence-corrected chi connectivity index (χ4v) is 4.36. The molecule has 1 saturated carbocycles. The number of aliphatic hydroxyl groups is 1. The Kier molecular flexibility index (Phi) is 5.81. The van der Waals surface area contributed by atoms with Crippen LogP contribution in [0.25, 0.3) is 10.8 Å². The van der Waals surface area contributed by atoms with Gasteiger partial charge in [0.2, 0.25) is 0 Å². The molecule has 0 spiro atoms. The van der Waals surface area contributed by atoms with Crippen molar-refractivity contribution in [2.45, 2.75) is 58.6 Å². The summed E-state index contributed by atoms with van der Waals surface area (Å²) in [6, 6.07) is 15.1. The first kappa shape index (κ1) is 18.4. The van der Waals surface area contributed by atoms with Gasteiger partial charge >= 0.3 is 0 Å². The van der Waals surface area contributed by atoms with Crippen LogP contribution in [0.3, 0.4) is 0 Å². The molecule has 0 radical (unpaired) electrons. The van der Waals surface area contributed by atoms with Crippen molar-refractivity contribution < 1.29 is 5.11 Å². The number of nitrogens with one attached hydrogen (secondary N) is 1. The van der Waals surface area contributed by atoms with Crippen molar-refractivity contribution in [1.82, 2.24) is 5.32 Å². The summed E-state index contributed by atoms with van der Waals surface area (Å²) in [5, 5.41) is 17.0. The highest BCUT2D eigenvalue weighted by Crippen LogP contribution is 2.38. The molecule has 2 aromatic rings. The Labute approximate surface area is 152 Å². The zero-order valence-electron chi connectivity index (χ0n) is 16.0. The van der Waals surface area contributed by atoms with Gasteiger partial charge in [0.1, 0.15) is 0 Å². The van der Waals surface area contributed by atoms with Crippen LogP contribution in [0.15, 0.2) is 42.5 Å². The van der Waals surface area contributed by atoms with Gasteiger partial charge in [-0.15, -0.1) is 0 Å². The van der Waals surface area contributed by atoms with E-state index < -0.39 is 5.60 Å². The van der Waals surface area contributed by atoms with Gasteiger partial charge in [0.25, 0.3) is 0 Å². The third-order valence-corrected chi connectivity index (χ3v) is 6.22. The standard InChI is InChI=1S/C23H33NO/c1-17(2)19-10-12-22(13-11-19)23(3,25)16-24-15-18-8-9-20-6-4-5-7-21(20)14-18/h4-9,14,17,19,22,24-25H,10-13,15-16H2,1-3H3. The zero-order valence-corrected chi connectivity index (χ0v) is 16.0. The third kappa shape index (κ3) is 4.62. The Balaban J connectivity index is 1.51. The van der Waals surface area contributed by atoms with E-state index in [4.69, 9.17) is 0 Å². The Bertz CT molecular complexity index is 683. The summed E-state index contributed by atoms with van der Waals surface area (Å²) in [5.74, 6) is 2.04. The van der Waals surface area contributed by atoms with E-state index in [1.807, 2.05) is 6.92 Å². The highest BCUT2D eigenvalue weighted by atomic mass is 16.3. The van der Waals surface area contributed by atoms with E-state index in [-0.39, 0.29) is 0 Å². The number of fused-ring (bicyclic) bond motifs is 1. The van der Waals surface area contributed by atoms with Gasteiger partial charge in [0.05, 0.1) is 5.60 Å². The molecule has 0 aliphatic heterocycles. The minimum absolute atomic E-state index is 0.423. The van der Waals surface area contributed by atoms with E-state index in [0.717, 1.165) is 31.2 Å². The fourth-order valence-electron chi connectivity index (χ4n) is 4.36. The van der Waals surface area contributed by atoms with Crippen molar-refractivity contribution in [3.05, 3.63) is 48.0 Å². The van der Waals surface area contributed by atoms with Crippen LogP contribution in [-0.2, 0) is 6.54 Å². The van der Waals surface area contributed by atoms with Crippen LogP contribution in [-0.4, -0.2) is 17.3 Å². The number of rotatable bonds is 6. The van der Waals surface area contributed by atoms with Crippen molar-refractivity contribution in [1.29, 1.82) is 0 Å². The SMILES string of the molecule is CC(C)C1CCC(C(C)(O)CNCc2ccc3ccccc3c2)CC1. The fraction of sp³-hybridized carbons (Fsp3) is 0.565. The first-order chi connectivity index (χ1) is 12.0. The molecular weight excluding hydrogens is 306 g/mol. The minimum atomic E-state index is -0.612. The number of hydrogen-bond acceptors (Lipinski definition) is 2. The van der Waals surface area contributed by atoms with Crippen LogP contribution >= 0.6 is 0 Å². The van der Waals surface area contributed by atoms with E-state index in [2.05, 4.69) is 61.6 Å². The average molecular weight is 340 g/mol. The normalized spacial score (nSPS) is 23.7. The predicted molar refractivity (Wildman–Crippen MR) is 107 cm³/mol. The molecule has 1 unspecified atom stereocenters. The smallest absolute Gasteiger partial charge is 0.0771 e. The molecule has 0 saturated heterocycles. The first-order valence-electron chi connectivity index (χ1n) is 9.86. The maximum atomic E-state index is 11.0. The highest BCUT2D eigenvalue weighted by molar-refractivity contribution is 5.82. The molecule has 0 bridgehead atoms. The maximum absolute atomic E-state index is 11.0. The largest absolute Gasteiger partial charge is 0.389 e. The summed E-state index contributed by atoms with van der Waals surface area (Å²) in [6.45, 7) is 8.14. The third-order valence-electron chi connectivity index (χ3n) is 6.22. The summed E-state index contributed by atoms with van der Waals surface area (Å²) in [6.07, 6.45) is 4.85. The molecule has 0 heterocycles. The van der Waals surface area contributed by atoms with Crippen molar-refractivity contribution in [3.63, 3.8) is 0 Å². The van der Waals surface area contributed by atoms with Gasteiger partial charge in [0.15, 0.2) is 0 Å². The first-order valence-corrected chi connectivity index (χ1v) is 9.86. The quantitative estimate of drug-likeness (QED) is 0.763. The van der Waals surface area contributed by atoms with Crippen molar-refractivity contribution in [2.75, 3.05) is 6.54 Å². The lowest BCUT2D eigenvalue weighted by atomic mass is 9.71. The number of hydrogen-bond donors (Lipinski definition) is 2. The molecule has 25 heavy (non-hydrogen) atoms. The van der Waals surface area contributed by atoms with Crippen LogP contribution in [0.1, 0.15) is 52.0 Å². The van der Waals surface area contributed by atoms with Gasteiger partial charge in [-0.3, -0.25) is 0 Å². The topological polar surface area (TPSA) is 32.3 Å². The van der Waals surface area contributed by atoms with E-state index in [9.17, 15) is 5.11 Å². The van der Waals surface area contributed by atoms with Crippen LogP contribution < -0.4 is 5.32 Å². The van der Waals surface area contributed by atoms with E-state index in [0.29, 0.717) is 12.5 Å². The molecule has 3 rings (SSSR count). The summed E-state index contributed by atoms with van der Waals surface area (Å²) >= 11 is 0. The zero-order chi connectivity index (χ0) is 17.9. The molecule has 2 aromatic carbocycles. The van der Waals surface area contributed by atoms with Gasteiger partial charge in [-0.1, -0.05) is 50.2 Å². The van der Waals surface area contributed by atoms with Crippen LogP contribution in [0, 0.1) is 17.8 Å². The summed E-state index contributed by atoms with van der Waals surface area (Å²) in [4.78, 5) is 0. The average Bonchev–Trinajstić information content (AvgIpc) is 2.61. The lowest BCUT2D eigenvalue weighted by Crippen LogP contribution is -2.45. The Morgan fingerprint density at radius 1 is 1.04 bits per heavy atom. The molecule has 1 fully saturated rings. The molecule has 1 aliphatic carbocycles. The molecular formula is C23H33NO. The highest BCUT2D eigenvalue weighted by Gasteiger charge is 2.35. The van der Waals surface area contributed by atoms with Gasteiger partial charge in [-0.25, -0.2) is 0 Å². The van der Waals surface area contributed by atoms with Crippen LogP contribution in [0.4, 0.5) is 0 Å². The second-order valence-corrected chi connectivity index (χ2v) is 8.50. The number of benzene rings is 2. The van der Waals surface area contributed by atoms with Crippen LogP contribution in [0.2, 0.25) is 0 Å². The second-order valence-electron chi connectivity index (χ2n) is 8.50. The summed E-state index contributed by atoms with van der Waals surface area (Å²) in [5.41, 5.74) is 0.664. The lowest BCUT2D eigenvalue weighted by Gasteiger charge is -2.39. The molecule has 0 aromatic heterocycles.